The minimum atomic E-state index is -3.38. The van der Waals surface area contributed by atoms with Gasteiger partial charge < -0.3 is 45.6 Å². The van der Waals surface area contributed by atoms with Crippen LogP contribution in [0.1, 0.15) is 15.9 Å². The third-order valence-electron chi connectivity index (χ3n) is 5.47. The molecule has 1 aliphatic rings. The first-order valence-electron chi connectivity index (χ1n) is 10.2. The summed E-state index contributed by atoms with van der Waals surface area (Å²) in [6, 6.07) is 6.08. The monoisotopic (exact) mass is 500 g/mol. The van der Waals surface area contributed by atoms with Crippen LogP contribution in [0.3, 0.4) is 0 Å². The summed E-state index contributed by atoms with van der Waals surface area (Å²) in [5.41, 5.74) is 1.02. The third-order valence-corrected chi connectivity index (χ3v) is 5.47. The van der Waals surface area contributed by atoms with Gasteiger partial charge in [-0.05, 0) is 17.7 Å². The van der Waals surface area contributed by atoms with Crippen LogP contribution in [-0.2, 0) is 21.9 Å². The van der Waals surface area contributed by atoms with E-state index in [0.29, 0.717) is 17.5 Å². The van der Waals surface area contributed by atoms with Gasteiger partial charge in [-0.2, -0.15) is 0 Å². The zero-order valence-corrected chi connectivity index (χ0v) is 18.4. The molecule has 0 bridgehead atoms. The molecule has 192 valence electrons. The zero-order valence-electron chi connectivity index (χ0n) is 18.4. The van der Waals surface area contributed by atoms with Crippen molar-refractivity contribution in [3.8, 4) is 5.75 Å². The number of carbonyl (C=O) groups is 1. The highest BCUT2D eigenvalue weighted by Crippen LogP contribution is 2.44. The Kier molecular flexibility index (Phi) is 7.71. The van der Waals surface area contributed by atoms with Gasteiger partial charge >= 0.3 is 17.6 Å². The van der Waals surface area contributed by atoms with Crippen molar-refractivity contribution in [2.24, 2.45) is 0 Å². The maximum Gasteiger partial charge on any atom is 0.353 e. The van der Waals surface area contributed by atoms with E-state index in [-0.39, 0.29) is 9.63 Å². The number of hydrogen-bond acceptors (Lipinski definition) is 13. The number of hydroxylamine groups is 2. The van der Waals surface area contributed by atoms with Crippen molar-refractivity contribution < 1.29 is 49.0 Å². The van der Waals surface area contributed by atoms with E-state index < -0.39 is 73.3 Å². The van der Waals surface area contributed by atoms with E-state index in [2.05, 4.69) is 9.72 Å². The number of nitrogens with two attached hydrogens (primary N) is 1. The first kappa shape index (κ1) is 26.4. The van der Waals surface area contributed by atoms with Crippen LogP contribution in [0.2, 0.25) is 0 Å². The SMILES string of the molecule is COc1ccc(CN(O)[C@@]2(O)[C@H](O)[C@@H](CO)O[C@]2(O)n2c(N)c(C(=O)OCCF)cnc2=O)cc1. The second-order valence-electron chi connectivity index (χ2n) is 7.52. The second kappa shape index (κ2) is 10.2. The van der Waals surface area contributed by atoms with Crippen molar-refractivity contribution >= 4 is 11.8 Å². The molecule has 0 radical (unpaired) electrons. The standard InChI is InChI=1S/C20H25FN4O10/c1-33-12-4-2-11(3-5-12)9-24(32)19(30)15(27)14(10-26)35-20(19,31)25-16(22)13(8-23-18(25)29)17(28)34-7-6-21/h2-5,8,14-15,26-27,30-32H,6-7,9-10,22H2,1H3/t14-,15-,19-,20+/m1/s1. The van der Waals surface area contributed by atoms with Crippen LogP contribution < -0.4 is 16.2 Å². The number of alkyl halides is 1. The molecule has 0 spiro atoms. The van der Waals surface area contributed by atoms with Crippen LogP contribution >= 0.6 is 0 Å². The van der Waals surface area contributed by atoms with Crippen LogP contribution in [0.4, 0.5) is 10.2 Å². The van der Waals surface area contributed by atoms with E-state index in [0.717, 1.165) is 0 Å². The smallest absolute Gasteiger partial charge is 0.353 e. The third kappa shape index (κ3) is 4.45. The molecule has 1 aromatic carbocycles. The van der Waals surface area contributed by atoms with Gasteiger partial charge in [0.2, 0.25) is 5.72 Å². The molecule has 1 saturated heterocycles. The number of ether oxygens (including phenoxy) is 3. The van der Waals surface area contributed by atoms with Crippen molar-refractivity contribution in [2.45, 2.75) is 30.4 Å². The number of methoxy groups -OCH3 is 1. The summed E-state index contributed by atoms with van der Waals surface area (Å²) in [4.78, 5) is 28.2. The number of benzene rings is 1. The number of aliphatic hydroxyl groups excluding tert-OH is 2. The van der Waals surface area contributed by atoms with Crippen LogP contribution in [0.25, 0.3) is 0 Å². The van der Waals surface area contributed by atoms with Crippen molar-refractivity contribution in [1.82, 2.24) is 14.6 Å². The number of rotatable bonds is 9. The second-order valence-corrected chi connectivity index (χ2v) is 7.52. The molecule has 2 heterocycles. The van der Waals surface area contributed by atoms with E-state index in [1.54, 1.807) is 0 Å². The summed E-state index contributed by atoms with van der Waals surface area (Å²) in [6.07, 6.45) is -3.25. The largest absolute Gasteiger partial charge is 0.497 e. The van der Waals surface area contributed by atoms with E-state index in [1.165, 1.54) is 31.4 Å². The number of carbonyl (C=O) groups excluding carboxylic acids is 1. The normalized spacial score (nSPS) is 26.2. The number of aromatic nitrogens is 2. The molecule has 1 fully saturated rings. The highest BCUT2D eigenvalue weighted by molar-refractivity contribution is 5.93. The molecular weight excluding hydrogens is 475 g/mol. The van der Waals surface area contributed by atoms with Crippen molar-refractivity contribution in [3.05, 3.63) is 52.1 Å². The van der Waals surface area contributed by atoms with Gasteiger partial charge in [-0.3, -0.25) is 0 Å². The van der Waals surface area contributed by atoms with Crippen molar-refractivity contribution in [1.29, 1.82) is 0 Å². The maximum absolute atomic E-state index is 12.6. The molecule has 3 rings (SSSR count). The molecule has 1 aromatic heterocycles. The van der Waals surface area contributed by atoms with E-state index >= 15 is 0 Å². The van der Waals surface area contributed by atoms with Gasteiger partial charge in [0.15, 0.2) is 0 Å². The number of nitrogens with zero attached hydrogens (tertiary/aromatic N) is 3. The molecule has 15 heteroatoms. The summed E-state index contributed by atoms with van der Waals surface area (Å²) < 4.78 is 27.4. The van der Waals surface area contributed by atoms with Gasteiger partial charge in [-0.25, -0.2) is 23.5 Å². The lowest BCUT2D eigenvalue weighted by Gasteiger charge is -2.42. The Labute approximate surface area is 197 Å². The summed E-state index contributed by atoms with van der Waals surface area (Å²) in [7, 11) is 1.44. The van der Waals surface area contributed by atoms with Gasteiger partial charge in [0.25, 0.3) is 0 Å². The average Bonchev–Trinajstić information content (AvgIpc) is 3.04. The molecule has 0 unspecified atom stereocenters. The summed E-state index contributed by atoms with van der Waals surface area (Å²) in [5, 5.41) is 53.9. The van der Waals surface area contributed by atoms with Gasteiger partial charge in [0.05, 0.1) is 26.5 Å². The molecule has 0 amide bonds. The van der Waals surface area contributed by atoms with E-state index in [4.69, 9.17) is 15.2 Å². The average molecular weight is 500 g/mol. The molecule has 0 saturated carbocycles. The number of nitrogen functional groups attached to an aromatic ring is 1. The van der Waals surface area contributed by atoms with Crippen LogP contribution in [0, 0.1) is 0 Å². The Bertz CT molecular complexity index is 1120. The topological polar surface area (TPSA) is 210 Å². The van der Waals surface area contributed by atoms with Crippen LogP contribution in [0.5, 0.6) is 5.75 Å². The maximum atomic E-state index is 12.6. The van der Waals surface area contributed by atoms with Gasteiger partial charge in [0.1, 0.15) is 42.6 Å². The molecule has 4 atom stereocenters. The Morgan fingerprint density at radius 3 is 2.57 bits per heavy atom. The Morgan fingerprint density at radius 1 is 1.34 bits per heavy atom. The highest BCUT2D eigenvalue weighted by Gasteiger charge is 2.70. The molecule has 7 N–H and O–H groups in total. The molecule has 0 aliphatic carbocycles. The summed E-state index contributed by atoms with van der Waals surface area (Å²) >= 11 is 0. The zero-order chi connectivity index (χ0) is 26.0. The molecule has 2 aromatic rings. The minimum absolute atomic E-state index is 0.0785. The lowest BCUT2D eigenvalue weighted by Crippen LogP contribution is -2.68. The Morgan fingerprint density at radius 2 is 2.00 bits per heavy atom. The number of aliphatic hydroxyl groups is 4. The van der Waals surface area contributed by atoms with E-state index in [1.807, 2.05) is 0 Å². The number of halogens is 1. The fraction of sp³-hybridized carbons (Fsp3) is 0.450. The first-order chi connectivity index (χ1) is 16.5. The van der Waals surface area contributed by atoms with E-state index in [9.17, 15) is 39.6 Å². The van der Waals surface area contributed by atoms with Gasteiger partial charge in [-0.1, -0.05) is 12.1 Å². The van der Waals surface area contributed by atoms with Crippen molar-refractivity contribution in [3.63, 3.8) is 0 Å². The first-order valence-corrected chi connectivity index (χ1v) is 10.2. The predicted molar refractivity (Wildman–Crippen MR) is 113 cm³/mol. The molecule has 14 nitrogen and oxygen atoms in total. The number of anilines is 1. The lowest BCUT2D eigenvalue weighted by molar-refractivity contribution is -0.413. The summed E-state index contributed by atoms with van der Waals surface area (Å²) in [5.74, 6) is -4.96. The van der Waals surface area contributed by atoms with Crippen molar-refractivity contribution in [2.75, 3.05) is 32.7 Å². The number of hydrogen-bond donors (Lipinski definition) is 6. The Balaban J connectivity index is 2.11. The van der Waals surface area contributed by atoms with Crippen LogP contribution in [-0.4, -0.2) is 91.1 Å². The quantitative estimate of drug-likeness (QED) is 0.124. The van der Waals surface area contributed by atoms with Crippen LogP contribution in [0.15, 0.2) is 35.3 Å². The fourth-order valence-electron chi connectivity index (χ4n) is 3.64. The molecule has 35 heavy (non-hydrogen) atoms. The number of esters is 1. The fourth-order valence-corrected chi connectivity index (χ4v) is 3.64. The summed E-state index contributed by atoms with van der Waals surface area (Å²) in [6.45, 7) is -3.16. The molecule has 1 aliphatic heterocycles. The van der Waals surface area contributed by atoms with Gasteiger partial charge in [-0.15, -0.1) is 5.06 Å². The molecular formula is C20H25FN4O10. The minimum Gasteiger partial charge on any atom is -0.497 e. The van der Waals surface area contributed by atoms with Gasteiger partial charge in [0, 0.05) is 0 Å². The lowest BCUT2D eigenvalue weighted by atomic mass is 10.00. The Hall–Kier alpha value is -3.18. The highest BCUT2D eigenvalue weighted by atomic mass is 19.1. The predicted octanol–water partition coefficient (Wildman–Crippen LogP) is -2.10.